The maximum absolute atomic E-state index is 11.5. The summed E-state index contributed by atoms with van der Waals surface area (Å²) in [6.45, 7) is 1.79. The molecular formula is C15H16O2. The van der Waals surface area contributed by atoms with Gasteiger partial charge in [0.2, 0.25) is 0 Å². The molecule has 0 spiro atoms. The van der Waals surface area contributed by atoms with E-state index < -0.39 is 11.4 Å². The van der Waals surface area contributed by atoms with Gasteiger partial charge >= 0.3 is 5.97 Å². The summed E-state index contributed by atoms with van der Waals surface area (Å²) in [6, 6.07) is 8.02. The third-order valence-electron chi connectivity index (χ3n) is 3.54. The molecule has 0 saturated heterocycles. The fraction of sp³-hybridized carbons (Fsp3) is 0.400. The SMILES string of the molecule is CC#CCCC1(C(=O)O)Cc2ccccc2C1. The topological polar surface area (TPSA) is 37.3 Å². The lowest BCUT2D eigenvalue weighted by Gasteiger charge is -2.22. The molecule has 0 amide bonds. The van der Waals surface area contributed by atoms with Gasteiger partial charge in [0.15, 0.2) is 0 Å². The van der Waals surface area contributed by atoms with Crippen molar-refractivity contribution in [3.05, 3.63) is 35.4 Å². The van der Waals surface area contributed by atoms with Gasteiger partial charge in [-0.15, -0.1) is 11.8 Å². The second-order valence-electron chi connectivity index (χ2n) is 4.63. The van der Waals surface area contributed by atoms with Crippen LogP contribution in [0.25, 0.3) is 0 Å². The van der Waals surface area contributed by atoms with Crippen LogP contribution in [0.1, 0.15) is 30.9 Å². The van der Waals surface area contributed by atoms with Crippen molar-refractivity contribution >= 4 is 5.97 Å². The molecule has 2 nitrogen and oxygen atoms in total. The zero-order valence-corrected chi connectivity index (χ0v) is 9.99. The Labute approximate surface area is 102 Å². The summed E-state index contributed by atoms with van der Waals surface area (Å²) < 4.78 is 0. The molecule has 0 aromatic heterocycles. The van der Waals surface area contributed by atoms with Gasteiger partial charge in [0.1, 0.15) is 0 Å². The van der Waals surface area contributed by atoms with Crippen LogP contribution in [0.4, 0.5) is 0 Å². The summed E-state index contributed by atoms with van der Waals surface area (Å²) in [6.07, 6.45) is 2.59. The molecule has 0 atom stereocenters. The molecule has 0 fully saturated rings. The van der Waals surface area contributed by atoms with Crippen LogP contribution >= 0.6 is 0 Å². The number of carboxylic acids is 1. The maximum atomic E-state index is 11.5. The van der Waals surface area contributed by atoms with Crippen molar-refractivity contribution in [1.82, 2.24) is 0 Å². The van der Waals surface area contributed by atoms with Gasteiger partial charge in [-0.3, -0.25) is 4.79 Å². The average Bonchev–Trinajstić information content (AvgIpc) is 2.69. The maximum Gasteiger partial charge on any atom is 0.310 e. The van der Waals surface area contributed by atoms with Gasteiger partial charge < -0.3 is 5.11 Å². The van der Waals surface area contributed by atoms with Crippen LogP contribution in [0.3, 0.4) is 0 Å². The van der Waals surface area contributed by atoms with E-state index >= 15 is 0 Å². The van der Waals surface area contributed by atoms with Gasteiger partial charge in [0.05, 0.1) is 5.41 Å². The van der Waals surface area contributed by atoms with Crippen LogP contribution in [0.2, 0.25) is 0 Å². The molecule has 1 N–H and O–H groups in total. The van der Waals surface area contributed by atoms with Crippen molar-refractivity contribution < 1.29 is 9.90 Å². The summed E-state index contributed by atoms with van der Waals surface area (Å²) in [5.41, 5.74) is 1.73. The first-order valence-corrected chi connectivity index (χ1v) is 5.88. The van der Waals surface area contributed by atoms with Crippen LogP contribution in [0, 0.1) is 17.3 Å². The molecule has 0 radical (unpaired) electrons. The predicted octanol–water partition coefficient (Wildman–Crippen LogP) is 2.66. The average molecular weight is 228 g/mol. The highest BCUT2D eigenvalue weighted by Crippen LogP contribution is 2.40. The number of aliphatic carboxylic acids is 1. The number of carbonyl (C=O) groups is 1. The van der Waals surface area contributed by atoms with Gasteiger partial charge in [-0.1, -0.05) is 24.3 Å². The molecular weight excluding hydrogens is 212 g/mol. The molecule has 0 unspecified atom stereocenters. The summed E-state index contributed by atoms with van der Waals surface area (Å²) in [4.78, 5) is 11.5. The second-order valence-corrected chi connectivity index (χ2v) is 4.63. The molecule has 1 aliphatic rings. The monoisotopic (exact) mass is 228 g/mol. The largest absolute Gasteiger partial charge is 0.481 e. The first-order valence-electron chi connectivity index (χ1n) is 5.88. The summed E-state index contributed by atoms with van der Waals surface area (Å²) in [5.74, 6) is 5.11. The van der Waals surface area contributed by atoms with Crippen molar-refractivity contribution in [2.24, 2.45) is 5.41 Å². The van der Waals surface area contributed by atoms with E-state index in [2.05, 4.69) is 11.8 Å². The highest BCUT2D eigenvalue weighted by atomic mass is 16.4. The van der Waals surface area contributed by atoms with E-state index in [0.717, 1.165) is 0 Å². The Hall–Kier alpha value is -1.75. The van der Waals surface area contributed by atoms with Crippen LogP contribution in [-0.4, -0.2) is 11.1 Å². The van der Waals surface area contributed by atoms with Gasteiger partial charge in [-0.2, -0.15) is 0 Å². The quantitative estimate of drug-likeness (QED) is 0.807. The van der Waals surface area contributed by atoms with E-state index in [9.17, 15) is 9.90 Å². The number of rotatable bonds is 3. The molecule has 17 heavy (non-hydrogen) atoms. The Morgan fingerprint density at radius 2 is 1.94 bits per heavy atom. The molecule has 1 aromatic rings. The third kappa shape index (κ3) is 2.19. The fourth-order valence-corrected chi connectivity index (χ4v) is 2.56. The van der Waals surface area contributed by atoms with Crippen LogP contribution in [0.15, 0.2) is 24.3 Å². The lowest BCUT2D eigenvalue weighted by molar-refractivity contribution is -0.148. The molecule has 1 aliphatic carbocycles. The summed E-state index contributed by atoms with van der Waals surface area (Å²) in [5, 5.41) is 9.49. The lowest BCUT2D eigenvalue weighted by atomic mass is 9.80. The Balaban J connectivity index is 2.22. The van der Waals surface area contributed by atoms with E-state index in [4.69, 9.17) is 0 Å². The number of benzene rings is 1. The Morgan fingerprint density at radius 3 is 2.41 bits per heavy atom. The molecule has 88 valence electrons. The van der Waals surface area contributed by atoms with E-state index in [0.29, 0.717) is 25.7 Å². The number of hydrogen-bond donors (Lipinski definition) is 1. The van der Waals surface area contributed by atoms with E-state index in [-0.39, 0.29) is 0 Å². The third-order valence-corrected chi connectivity index (χ3v) is 3.54. The minimum Gasteiger partial charge on any atom is -0.481 e. The minimum absolute atomic E-state index is 0.631. The highest BCUT2D eigenvalue weighted by molar-refractivity contribution is 5.77. The van der Waals surface area contributed by atoms with Gasteiger partial charge in [-0.05, 0) is 37.3 Å². The lowest BCUT2D eigenvalue weighted by Crippen LogP contribution is -2.31. The minimum atomic E-state index is -0.688. The van der Waals surface area contributed by atoms with Crippen molar-refractivity contribution in [3.8, 4) is 11.8 Å². The molecule has 2 rings (SSSR count). The molecule has 0 heterocycles. The van der Waals surface area contributed by atoms with Crippen molar-refractivity contribution in [3.63, 3.8) is 0 Å². The first-order chi connectivity index (χ1) is 8.18. The van der Waals surface area contributed by atoms with Crippen LogP contribution in [0.5, 0.6) is 0 Å². The zero-order chi connectivity index (χ0) is 12.3. The van der Waals surface area contributed by atoms with Crippen molar-refractivity contribution in [2.45, 2.75) is 32.6 Å². The van der Waals surface area contributed by atoms with Gasteiger partial charge in [0.25, 0.3) is 0 Å². The summed E-state index contributed by atoms with van der Waals surface area (Å²) in [7, 11) is 0. The number of hydrogen-bond acceptors (Lipinski definition) is 1. The normalized spacial score (nSPS) is 15.8. The smallest absolute Gasteiger partial charge is 0.310 e. The molecule has 0 aliphatic heterocycles. The summed E-state index contributed by atoms with van der Waals surface area (Å²) >= 11 is 0. The number of carboxylic acid groups (broad SMARTS) is 1. The Kier molecular flexibility index (Phi) is 3.19. The van der Waals surface area contributed by atoms with Crippen LogP contribution < -0.4 is 0 Å². The first kappa shape index (κ1) is 11.7. The van der Waals surface area contributed by atoms with Crippen molar-refractivity contribution in [1.29, 1.82) is 0 Å². The number of fused-ring (bicyclic) bond motifs is 1. The predicted molar refractivity (Wildman–Crippen MR) is 66.6 cm³/mol. The van der Waals surface area contributed by atoms with Crippen LogP contribution in [-0.2, 0) is 17.6 Å². The molecule has 0 saturated carbocycles. The fourth-order valence-electron chi connectivity index (χ4n) is 2.56. The van der Waals surface area contributed by atoms with Crippen molar-refractivity contribution in [2.75, 3.05) is 0 Å². The van der Waals surface area contributed by atoms with E-state index in [1.807, 2.05) is 24.3 Å². The Morgan fingerprint density at radius 1 is 1.35 bits per heavy atom. The highest BCUT2D eigenvalue weighted by Gasteiger charge is 2.43. The second kappa shape index (κ2) is 4.63. The molecule has 2 heteroatoms. The van der Waals surface area contributed by atoms with Gasteiger partial charge in [-0.25, -0.2) is 0 Å². The van der Waals surface area contributed by atoms with E-state index in [1.54, 1.807) is 6.92 Å². The zero-order valence-electron chi connectivity index (χ0n) is 9.99. The molecule has 0 bridgehead atoms. The standard InChI is InChI=1S/C15H16O2/c1-2-3-6-9-15(14(16)17)10-12-7-4-5-8-13(12)11-15/h4-5,7-8H,6,9-11H2,1H3,(H,16,17). The van der Waals surface area contributed by atoms with Gasteiger partial charge in [0, 0.05) is 6.42 Å². The Bertz CT molecular complexity index is 466. The molecule has 1 aromatic carbocycles. The van der Waals surface area contributed by atoms with E-state index in [1.165, 1.54) is 11.1 Å².